The third kappa shape index (κ3) is 5.96. The smallest absolute Gasteiger partial charge is 0.310 e. The van der Waals surface area contributed by atoms with Gasteiger partial charge >= 0.3 is 5.97 Å². The van der Waals surface area contributed by atoms with E-state index in [4.69, 9.17) is 4.74 Å². The van der Waals surface area contributed by atoms with E-state index in [1.165, 1.54) is 12.8 Å². The van der Waals surface area contributed by atoms with E-state index in [-0.39, 0.29) is 18.0 Å². The number of rotatable bonds is 8. The lowest BCUT2D eigenvalue weighted by atomic mass is 9.99. The number of carbonyl (C=O) groups is 1. The molecule has 1 rings (SSSR count). The fourth-order valence-corrected chi connectivity index (χ4v) is 2.50. The Bertz CT molecular complexity index is 339. The zero-order chi connectivity index (χ0) is 14.8. The normalized spacial score (nSPS) is 21.7. The molecule has 3 heteroatoms. The molecule has 1 fully saturated rings. The Morgan fingerprint density at radius 2 is 1.95 bits per heavy atom. The Morgan fingerprint density at radius 1 is 1.20 bits per heavy atom. The van der Waals surface area contributed by atoms with Crippen molar-refractivity contribution in [2.24, 2.45) is 5.92 Å². The minimum absolute atomic E-state index is 0.00540. The molecule has 1 aliphatic rings. The van der Waals surface area contributed by atoms with E-state index in [0.29, 0.717) is 6.42 Å². The Morgan fingerprint density at radius 3 is 2.60 bits per heavy atom. The molecule has 0 unspecified atom stereocenters. The monoisotopic (exact) mass is 279 g/mol. The molecule has 0 spiro atoms. The molecule has 20 heavy (non-hydrogen) atoms. The molecule has 114 valence electrons. The Balaban J connectivity index is 2.27. The highest BCUT2D eigenvalue weighted by Crippen LogP contribution is 2.27. The summed E-state index contributed by atoms with van der Waals surface area (Å²) in [5, 5.41) is 0. The van der Waals surface area contributed by atoms with Crippen LogP contribution in [0.15, 0.2) is 0 Å². The van der Waals surface area contributed by atoms with Gasteiger partial charge in [-0.15, -0.1) is 5.92 Å². The second-order valence-corrected chi connectivity index (χ2v) is 5.51. The van der Waals surface area contributed by atoms with Gasteiger partial charge in [0.2, 0.25) is 0 Å². The number of ether oxygens (including phenoxy) is 1. The van der Waals surface area contributed by atoms with Gasteiger partial charge in [-0.05, 0) is 32.4 Å². The molecular formula is C17H29NO2. The molecule has 0 aliphatic carbocycles. The van der Waals surface area contributed by atoms with Crippen LogP contribution in [0.3, 0.4) is 0 Å². The second-order valence-electron chi connectivity index (χ2n) is 5.51. The third-order valence-electron chi connectivity index (χ3n) is 3.96. The summed E-state index contributed by atoms with van der Waals surface area (Å²) in [7, 11) is 0. The highest BCUT2D eigenvalue weighted by atomic mass is 16.5. The molecule has 1 heterocycles. The molecule has 1 saturated heterocycles. The number of hydrogen-bond donors (Lipinski definition) is 0. The van der Waals surface area contributed by atoms with E-state index in [0.717, 1.165) is 38.9 Å². The number of hydrogen-bond acceptors (Lipinski definition) is 3. The van der Waals surface area contributed by atoms with Crippen molar-refractivity contribution in [2.45, 2.75) is 65.4 Å². The Labute approximate surface area is 124 Å². The molecule has 0 N–H and O–H groups in total. The van der Waals surface area contributed by atoms with Crippen molar-refractivity contribution in [3.05, 3.63) is 0 Å². The number of nitrogens with zero attached hydrogens (tertiary/aromatic N) is 1. The van der Waals surface area contributed by atoms with Gasteiger partial charge in [0.15, 0.2) is 0 Å². The molecule has 0 radical (unpaired) electrons. The van der Waals surface area contributed by atoms with Gasteiger partial charge in [-0.25, -0.2) is 0 Å². The summed E-state index contributed by atoms with van der Waals surface area (Å²) in [6.07, 6.45) is 6.28. The van der Waals surface area contributed by atoms with Crippen LogP contribution in [0.5, 0.6) is 0 Å². The van der Waals surface area contributed by atoms with Crippen LogP contribution >= 0.6 is 0 Å². The molecule has 3 nitrogen and oxygen atoms in total. The van der Waals surface area contributed by atoms with Crippen LogP contribution in [-0.2, 0) is 9.53 Å². The summed E-state index contributed by atoms with van der Waals surface area (Å²) in [5.41, 5.74) is 0. The summed E-state index contributed by atoms with van der Waals surface area (Å²) >= 11 is 0. The van der Waals surface area contributed by atoms with E-state index in [2.05, 4.69) is 37.5 Å². The average molecular weight is 279 g/mol. The first-order chi connectivity index (χ1) is 9.71. The van der Waals surface area contributed by atoms with Crippen LogP contribution < -0.4 is 0 Å². The zero-order valence-electron chi connectivity index (χ0n) is 13.3. The molecule has 0 aromatic heterocycles. The minimum atomic E-state index is -0.0383. The maximum Gasteiger partial charge on any atom is 0.310 e. The second kappa shape index (κ2) is 9.83. The molecule has 1 aliphatic heterocycles. The van der Waals surface area contributed by atoms with Gasteiger partial charge in [0.05, 0.1) is 12.5 Å². The maximum atomic E-state index is 11.8. The fraction of sp³-hybridized carbons (Fsp3) is 0.824. The van der Waals surface area contributed by atoms with Crippen molar-refractivity contribution in [3.63, 3.8) is 0 Å². The van der Waals surface area contributed by atoms with E-state index in [1.807, 2.05) is 0 Å². The largest absolute Gasteiger partial charge is 0.462 e. The van der Waals surface area contributed by atoms with Crippen molar-refractivity contribution in [1.29, 1.82) is 0 Å². The van der Waals surface area contributed by atoms with Crippen LogP contribution in [0, 0.1) is 17.8 Å². The van der Waals surface area contributed by atoms with Crippen LogP contribution in [0.2, 0.25) is 0 Å². The average Bonchev–Trinajstić information content (AvgIpc) is 2.80. The van der Waals surface area contributed by atoms with Crippen molar-refractivity contribution >= 4 is 5.97 Å². The maximum absolute atomic E-state index is 11.8. The molecule has 0 bridgehead atoms. The fourth-order valence-electron chi connectivity index (χ4n) is 2.50. The lowest BCUT2D eigenvalue weighted by molar-refractivity contribution is -0.144. The molecule has 0 aromatic carbocycles. The van der Waals surface area contributed by atoms with Gasteiger partial charge in [0.25, 0.3) is 0 Å². The highest BCUT2D eigenvalue weighted by molar-refractivity contribution is 5.75. The first kappa shape index (κ1) is 17.0. The molecule has 0 saturated carbocycles. The molecule has 2 atom stereocenters. The van der Waals surface area contributed by atoms with Gasteiger partial charge in [0.1, 0.15) is 6.10 Å². The first-order valence-corrected chi connectivity index (χ1v) is 8.09. The van der Waals surface area contributed by atoms with Crippen molar-refractivity contribution < 1.29 is 9.53 Å². The van der Waals surface area contributed by atoms with Crippen LogP contribution in [0.4, 0.5) is 0 Å². The standard InChI is InChI=1S/C17H29NO2/c1-4-7-8-12-16-14-15(17(19)20-16)11-9-10-13-18(5-2)6-3/h15-16H,4-8,11-14H2,1-3H3/t15-,16-/m1/s1. The summed E-state index contributed by atoms with van der Waals surface area (Å²) in [6.45, 7) is 9.32. The summed E-state index contributed by atoms with van der Waals surface area (Å²) in [5.74, 6) is 6.29. The van der Waals surface area contributed by atoms with Crippen molar-refractivity contribution in [2.75, 3.05) is 19.6 Å². The quantitative estimate of drug-likeness (QED) is 0.388. The van der Waals surface area contributed by atoms with E-state index in [1.54, 1.807) is 0 Å². The van der Waals surface area contributed by atoms with Crippen LogP contribution in [0.1, 0.15) is 59.3 Å². The lowest BCUT2D eigenvalue weighted by Gasteiger charge is -2.13. The third-order valence-corrected chi connectivity index (χ3v) is 3.96. The number of cyclic esters (lactones) is 1. The Hall–Kier alpha value is -1.01. The predicted octanol–water partition coefficient (Wildman–Crippen LogP) is 3.23. The minimum Gasteiger partial charge on any atom is -0.462 e. The summed E-state index contributed by atoms with van der Waals surface area (Å²) < 4.78 is 5.42. The number of unbranched alkanes of at least 4 members (excludes halogenated alkanes) is 2. The topological polar surface area (TPSA) is 29.5 Å². The van der Waals surface area contributed by atoms with E-state index >= 15 is 0 Å². The van der Waals surface area contributed by atoms with Crippen molar-refractivity contribution in [1.82, 2.24) is 4.90 Å². The highest BCUT2D eigenvalue weighted by Gasteiger charge is 2.33. The first-order valence-electron chi connectivity index (χ1n) is 8.09. The SMILES string of the molecule is CCCCC[C@@H]1C[C@@H](CC#CCN(CC)CC)C(=O)O1. The summed E-state index contributed by atoms with van der Waals surface area (Å²) in [6, 6.07) is 0. The number of esters is 1. The van der Waals surface area contributed by atoms with Gasteiger partial charge in [0, 0.05) is 6.42 Å². The Kier molecular flexibility index (Phi) is 8.37. The van der Waals surface area contributed by atoms with Gasteiger partial charge in [-0.2, -0.15) is 0 Å². The zero-order valence-corrected chi connectivity index (χ0v) is 13.3. The summed E-state index contributed by atoms with van der Waals surface area (Å²) in [4.78, 5) is 14.0. The van der Waals surface area contributed by atoms with E-state index in [9.17, 15) is 4.79 Å². The van der Waals surface area contributed by atoms with Gasteiger partial charge < -0.3 is 4.74 Å². The molecule has 0 amide bonds. The molecular weight excluding hydrogens is 250 g/mol. The molecule has 0 aromatic rings. The van der Waals surface area contributed by atoms with E-state index < -0.39 is 0 Å². The number of carbonyl (C=O) groups excluding carboxylic acids is 1. The van der Waals surface area contributed by atoms with Crippen molar-refractivity contribution in [3.8, 4) is 11.8 Å². The van der Waals surface area contributed by atoms with Crippen LogP contribution in [-0.4, -0.2) is 36.6 Å². The lowest BCUT2D eigenvalue weighted by Crippen LogP contribution is -2.22. The predicted molar refractivity (Wildman–Crippen MR) is 82.3 cm³/mol. The van der Waals surface area contributed by atoms with Gasteiger partial charge in [-0.3, -0.25) is 9.69 Å². The van der Waals surface area contributed by atoms with Crippen LogP contribution in [0.25, 0.3) is 0 Å². The van der Waals surface area contributed by atoms with Gasteiger partial charge in [-0.1, -0.05) is 39.5 Å².